The second-order valence-corrected chi connectivity index (χ2v) is 6.39. The van der Waals surface area contributed by atoms with E-state index in [0.717, 1.165) is 4.90 Å². The summed E-state index contributed by atoms with van der Waals surface area (Å²) in [6, 6.07) is 6.66. The summed E-state index contributed by atoms with van der Waals surface area (Å²) in [7, 11) is 0. The Balaban J connectivity index is 1.81. The quantitative estimate of drug-likeness (QED) is 0.878. The maximum Gasteiger partial charge on any atom is 0.394 e. The van der Waals surface area contributed by atoms with E-state index in [-0.39, 0.29) is 5.56 Å². The number of aromatic nitrogens is 2. The molecule has 0 saturated carbocycles. The van der Waals surface area contributed by atoms with Gasteiger partial charge in [-0.2, -0.15) is 18.3 Å². The van der Waals surface area contributed by atoms with Gasteiger partial charge in [0.15, 0.2) is 0 Å². The highest BCUT2D eigenvalue weighted by Crippen LogP contribution is 2.38. The second kappa shape index (κ2) is 6.64. The molecule has 0 unspecified atom stereocenters. The Morgan fingerprint density at radius 2 is 2.00 bits per heavy atom. The molecule has 2 aromatic rings. The maximum absolute atomic E-state index is 13.0. The summed E-state index contributed by atoms with van der Waals surface area (Å²) in [6.07, 6.45) is -2.10. The number of carboxylic acid groups (broad SMARTS) is 1. The molecule has 0 aliphatic carbocycles. The van der Waals surface area contributed by atoms with E-state index in [0.29, 0.717) is 10.7 Å². The molecule has 1 amide bonds. The first-order valence-electron chi connectivity index (χ1n) is 7.56. The monoisotopic (exact) mass is 387 g/mol. The van der Waals surface area contributed by atoms with E-state index in [1.165, 1.54) is 17.1 Å². The highest BCUT2D eigenvalue weighted by atomic mass is 35.5. The van der Waals surface area contributed by atoms with Crippen LogP contribution in [0.25, 0.3) is 5.69 Å². The van der Waals surface area contributed by atoms with Crippen LogP contribution >= 0.6 is 11.6 Å². The van der Waals surface area contributed by atoms with Gasteiger partial charge in [-0.1, -0.05) is 17.7 Å². The van der Waals surface area contributed by atoms with Crippen LogP contribution in [-0.2, 0) is 4.79 Å². The fraction of sp³-hybridized carbons (Fsp3) is 0.312. The molecule has 6 nitrogen and oxygen atoms in total. The number of likely N-dealkylation sites (tertiary alicyclic amines) is 1. The van der Waals surface area contributed by atoms with Crippen LogP contribution < -0.4 is 0 Å². The van der Waals surface area contributed by atoms with Crippen molar-refractivity contribution >= 4 is 23.5 Å². The van der Waals surface area contributed by atoms with Crippen molar-refractivity contribution in [1.29, 1.82) is 0 Å². The van der Waals surface area contributed by atoms with Gasteiger partial charge < -0.3 is 10.0 Å². The largest absolute Gasteiger partial charge is 0.481 e. The van der Waals surface area contributed by atoms with Crippen LogP contribution in [0.5, 0.6) is 0 Å². The van der Waals surface area contributed by atoms with Crippen LogP contribution in [0.3, 0.4) is 0 Å². The minimum atomic E-state index is -4.69. The summed E-state index contributed by atoms with van der Waals surface area (Å²) in [4.78, 5) is 24.5. The Labute approximate surface area is 150 Å². The van der Waals surface area contributed by atoms with E-state index >= 15 is 0 Å². The zero-order valence-electron chi connectivity index (χ0n) is 13.2. The summed E-state index contributed by atoms with van der Waals surface area (Å²) in [5.74, 6) is -6.04. The smallest absolute Gasteiger partial charge is 0.394 e. The predicted octanol–water partition coefficient (Wildman–Crippen LogP) is 2.86. The number of alkyl halides is 3. The Hall–Kier alpha value is -2.55. The van der Waals surface area contributed by atoms with Gasteiger partial charge in [0.2, 0.25) is 0 Å². The summed E-state index contributed by atoms with van der Waals surface area (Å²) >= 11 is 5.89. The van der Waals surface area contributed by atoms with Crippen LogP contribution in [0.1, 0.15) is 10.4 Å². The number of rotatable bonds is 3. The summed E-state index contributed by atoms with van der Waals surface area (Å²) in [5, 5.41) is 13.5. The van der Waals surface area contributed by atoms with E-state index < -0.39 is 43.0 Å². The van der Waals surface area contributed by atoms with Crippen molar-refractivity contribution in [3.05, 3.63) is 47.2 Å². The number of carbonyl (C=O) groups is 2. The molecule has 138 valence electrons. The SMILES string of the molecule is O=C(O)[C@@H]1CN(C(=O)c2cnn(-c3cccc(Cl)c3)c2)C[C@H]1C(F)(F)F. The lowest BCUT2D eigenvalue weighted by molar-refractivity contribution is -0.187. The Morgan fingerprint density at radius 1 is 1.27 bits per heavy atom. The predicted molar refractivity (Wildman–Crippen MR) is 85.1 cm³/mol. The normalized spacial score (nSPS) is 20.4. The molecule has 0 bridgehead atoms. The molecule has 1 aromatic carbocycles. The van der Waals surface area contributed by atoms with Gasteiger partial charge in [-0.3, -0.25) is 9.59 Å². The average molecular weight is 388 g/mol. The molecule has 2 atom stereocenters. The summed E-state index contributed by atoms with van der Waals surface area (Å²) < 4.78 is 40.5. The van der Waals surface area contributed by atoms with Gasteiger partial charge in [-0.25, -0.2) is 4.68 Å². The molecule has 1 saturated heterocycles. The van der Waals surface area contributed by atoms with Crippen LogP contribution in [0.15, 0.2) is 36.7 Å². The average Bonchev–Trinajstić information content (AvgIpc) is 3.21. The number of aliphatic carboxylic acids is 1. The minimum Gasteiger partial charge on any atom is -0.481 e. The molecule has 2 heterocycles. The topological polar surface area (TPSA) is 75.4 Å². The molecule has 1 aliphatic heterocycles. The second-order valence-electron chi connectivity index (χ2n) is 5.96. The molecule has 1 N–H and O–H groups in total. The van der Waals surface area contributed by atoms with E-state index in [2.05, 4.69) is 5.10 Å². The third kappa shape index (κ3) is 3.52. The number of hydrogen-bond acceptors (Lipinski definition) is 3. The fourth-order valence-electron chi connectivity index (χ4n) is 2.93. The Kier molecular flexibility index (Phi) is 4.66. The van der Waals surface area contributed by atoms with E-state index in [1.807, 2.05) is 0 Å². The first-order chi connectivity index (χ1) is 12.2. The van der Waals surface area contributed by atoms with E-state index in [1.54, 1.807) is 24.3 Å². The van der Waals surface area contributed by atoms with Gasteiger partial charge in [0, 0.05) is 24.3 Å². The lowest BCUT2D eigenvalue weighted by Gasteiger charge is -2.18. The number of carboxylic acids is 1. The first-order valence-corrected chi connectivity index (χ1v) is 7.94. The van der Waals surface area contributed by atoms with Crippen molar-refractivity contribution in [2.75, 3.05) is 13.1 Å². The number of hydrogen-bond donors (Lipinski definition) is 1. The van der Waals surface area contributed by atoms with E-state index in [4.69, 9.17) is 16.7 Å². The number of nitrogens with zero attached hydrogens (tertiary/aromatic N) is 3. The standard InChI is InChI=1S/C16H13ClF3N3O3/c17-10-2-1-3-11(4-10)23-6-9(5-21-23)14(24)22-7-12(15(25)26)13(8-22)16(18,19)20/h1-6,12-13H,7-8H2,(H,25,26)/t12-,13-/m1/s1. The van der Waals surface area contributed by atoms with Crippen molar-refractivity contribution in [2.45, 2.75) is 6.18 Å². The van der Waals surface area contributed by atoms with Crippen molar-refractivity contribution in [3.8, 4) is 5.69 Å². The zero-order valence-corrected chi connectivity index (χ0v) is 13.9. The van der Waals surface area contributed by atoms with Crippen LogP contribution in [-0.4, -0.2) is 50.9 Å². The van der Waals surface area contributed by atoms with Crippen LogP contribution in [0, 0.1) is 11.8 Å². The third-order valence-electron chi connectivity index (χ3n) is 4.25. The first kappa shape index (κ1) is 18.2. The minimum absolute atomic E-state index is 0.0666. The highest BCUT2D eigenvalue weighted by Gasteiger charge is 2.53. The maximum atomic E-state index is 13.0. The molecule has 1 aliphatic rings. The Morgan fingerprint density at radius 3 is 2.58 bits per heavy atom. The lowest BCUT2D eigenvalue weighted by Crippen LogP contribution is -2.34. The number of halogens is 4. The number of amides is 1. The summed E-state index contributed by atoms with van der Waals surface area (Å²) in [5.41, 5.74) is 0.645. The van der Waals surface area contributed by atoms with Crippen LogP contribution in [0.2, 0.25) is 5.02 Å². The molecule has 1 aromatic heterocycles. The van der Waals surface area contributed by atoms with Gasteiger partial charge >= 0.3 is 12.1 Å². The van der Waals surface area contributed by atoms with Crippen molar-refractivity contribution in [3.63, 3.8) is 0 Å². The third-order valence-corrected chi connectivity index (χ3v) is 4.48. The molecule has 26 heavy (non-hydrogen) atoms. The van der Waals surface area contributed by atoms with Crippen molar-refractivity contribution in [1.82, 2.24) is 14.7 Å². The molecular formula is C16H13ClF3N3O3. The van der Waals surface area contributed by atoms with Gasteiger partial charge in [0.1, 0.15) is 0 Å². The van der Waals surface area contributed by atoms with Gasteiger partial charge in [0.05, 0.1) is 29.3 Å². The zero-order chi connectivity index (χ0) is 19.1. The van der Waals surface area contributed by atoms with Gasteiger partial charge in [-0.05, 0) is 18.2 Å². The highest BCUT2D eigenvalue weighted by molar-refractivity contribution is 6.30. The fourth-order valence-corrected chi connectivity index (χ4v) is 3.11. The lowest BCUT2D eigenvalue weighted by atomic mass is 9.96. The molecule has 0 spiro atoms. The van der Waals surface area contributed by atoms with Gasteiger partial charge in [-0.15, -0.1) is 0 Å². The molecular weight excluding hydrogens is 375 g/mol. The van der Waals surface area contributed by atoms with Crippen molar-refractivity contribution < 1.29 is 27.9 Å². The molecule has 1 fully saturated rings. The number of carbonyl (C=O) groups excluding carboxylic acids is 1. The summed E-state index contributed by atoms with van der Waals surface area (Å²) in [6.45, 7) is -1.19. The van der Waals surface area contributed by atoms with Gasteiger partial charge in [0.25, 0.3) is 5.91 Å². The number of benzene rings is 1. The Bertz CT molecular complexity index is 853. The molecule has 10 heteroatoms. The van der Waals surface area contributed by atoms with Crippen molar-refractivity contribution in [2.24, 2.45) is 11.8 Å². The van der Waals surface area contributed by atoms with Crippen LogP contribution in [0.4, 0.5) is 13.2 Å². The van der Waals surface area contributed by atoms with E-state index in [9.17, 15) is 22.8 Å². The molecule has 3 rings (SSSR count). The molecule has 0 radical (unpaired) electrons.